The van der Waals surface area contributed by atoms with Crippen LogP contribution in [-0.4, -0.2) is 9.78 Å². The second kappa shape index (κ2) is 5.34. The fourth-order valence-electron chi connectivity index (χ4n) is 1.84. The van der Waals surface area contributed by atoms with E-state index in [9.17, 15) is 26.3 Å². The zero-order valence-electron chi connectivity index (χ0n) is 10.7. The number of hydrogen-bond acceptors (Lipinski definition) is 1. The van der Waals surface area contributed by atoms with Crippen molar-refractivity contribution in [3.8, 4) is 5.69 Å². The highest BCUT2D eigenvalue weighted by molar-refractivity contribution is 6.37. The molecule has 0 radical (unpaired) electrons. The first-order valence-electron chi connectivity index (χ1n) is 5.61. The van der Waals surface area contributed by atoms with Crippen molar-refractivity contribution >= 4 is 23.2 Å². The van der Waals surface area contributed by atoms with Crippen molar-refractivity contribution in [3.05, 3.63) is 45.2 Å². The van der Waals surface area contributed by atoms with E-state index in [4.69, 9.17) is 23.2 Å². The summed E-state index contributed by atoms with van der Waals surface area (Å²) in [7, 11) is 0. The van der Waals surface area contributed by atoms with Crippen LogP contribution in [0.3, 0.4) is 0 Å². The van der Waals surface area contributed by atoms with Gasteiger partial charge in [0.1, 0.15) is 5.69 Å². The highest BCUT2D eigenvalue weighted by Gasteiger charge is 2.36. The molecule has 10 heteroatoms. The van der Waals surface area contributed by atoms with Crippen LogP contribution in [0.2, 0.25) is 10.0 Å². The van der Waals surface area contributed by atoms with Crippen molar-refractivity contribution in [2.45, 2.75) is 19.3 Å². The predicted molar refractivity (Wildman–Crippen MR) is 68.3 cm³/mol. The molecule has 22 heavy (non-hydrogen) atoms. The van der Waals surface area contributed by atoms with Gasteiger partial charge in [0.25, 0.3) is 0 Å². The molecule has 2 nitrogen and oxygen atoms in total. The third-order valence-corrected chi connectivity index (χ3v) is 3.45. The lowest BCUT2D eigenvalue weighted by atomic mass is 10.2. The van der Waals surface area contributed by atoms with Gasteiger partial charge in [0.05, 0.1) is 33.1 Å². The molecule has 2 rings (SSSR count). The summed E-state index contributed by atoms with van der Waals surface area (Å²) in [5, 5.41) is 2.60. The van der Waals surface area contributed by atoms with E-state index < -0.39 is 33.5 Å². The molecule has 0 aliphatic heterocycles. The third kappa shape index (κ3) is 3.03. The molecule has 0 fully saturated rings. The molecular weight excluding hydrogens is 357 g/mol. The van der Waals surface area contributed by atoms with Gasteiger partial charge in [0.15, 0.2) is 0 Å². The maximum atomic E-state index is 12.7. The quantitative estimate of drug-likeness (QED) is 0.610. The Labute approximate surface area is 130 Å². The third-order valence-electron chi connectivity index (χ3n) is 2.87. The first-order valence-corrected chi connectivity index (χ1v) is 6.37. The van der Waals surface area contributed by atoms with Crippen LogP contribution in [0.1, 0.15) is 16.8 Å². The second-order valence-electron chi connectivity index (χ2n) is 4.34. The minimum atomic E-state index is -4.68. The van der Waals surface area contributed by atoms with E-state index in [1.54, 1.807) is 0 Å². The van der Waals surface area contributed by atoms with Crippen molar-refractivity contribution in [2.75, 3.05) is 0 Å². The summed E-state index contributed by atoms with van der Waals surface area (Å²) < 4.78 is 76.9. The number of rotatable bonds is 1. The number of halogens is 8. The molecule has 0 saturated heterocycles. The molecule has 0 spiro atoms. The van der Waals surface area contributed by atoms with Gasteiger partial charge in [-0.15, -0.1) is 0 Å². The fourth-order valence-corrected chi connectivity index (χ4v) is 2.49. The molecule has 0 aliphatic carbocycles. The highest BCUT2D eigenvalue weighted by atomic mass is 35.5. The van der Waals surface area contributed by atoms with Crippen molar-refractivity contribution in [3.63, 3.8) is 0 Å². The van der Waals surface area contributed by atoms with Crippen LogP contribution in [0.4, 0.5) is 26.3 Å². The average molecular weight is 363 g/mol. The Bertz CT molecular complexity index is 694. The molecule has 1 heterocycles. The zero-order valence-corrected chi connectivity index (χ0v) is 12.2. The van der Waals surface area contributed by atoms with Crippen molar-refractivity contribution in [2.24, 2.45) is 0 Å². The Kier molecular flexibility index (Phi) is 4.12. The first-order chi connectivity index (χ1) is 9.93. The molecule has 120 valence electrons. The summed E-state index contributed by atoms with van der Waals surface area (Å²) in [6, 6.07) is 1.16. The minimum absolute atomic E-state index is 0.246. The molecule has 0 saturated carbocycles. The highest BCUT2D eigenvalue weighted by Crippen LogP contribution is 2.39. The zero-order chi connectivity index (χ0) is 16.9. The van der Waals surface area contributed by atoms with Crippen LogP contribution in [0.25, 0.3) is 5.69 Å². The summed E-state index contributed by atoms with van der Waals surface area (Å²) in [4.78, 5) is 0. The minimum Gasteiger partial charge on any atom is -0.234 e. The Morgan fingerprint density at radius 3 is 1.82 bits per heavy atom. The van der Waals surface area contributed by atoms with Crippen LogP contribution in [-0.2, 0) is 12.4 Å². The van der Waals surface area contributed by atoms with Crippen molar-refractivity contribution < 1.29 is 26.3 Å². The largest absolute Gasteiger partial charge is 0.419 e. The Morgan fingerprint density at radius 2 is 1.45 bits per heavy atom. The Morgan fingerprint density at radius 1 is 0.955 bits per heavy atom. The predicted octanol–water partition coefficient (Wildman–Crippen LogP) is 5.53. The second-order valence-corrected chi connectivity index (χ2v) is 5.15. The molecule has 0 amide bonds. The van der Waals surface area contributed by atoms with Gasteiger partial charge < -0.3 is 0 Å². The average Bonchev–Trinajstić information content (AvgIpc) is 2.69. The van der Waals surface area contributed by atoms with Crippen LogP contribution in [0.5, 0.6) is 0 Å². The van der Waals surface area contributed by atoms with E-state index in [1.807, 2.05) is 0 Å². The molecule has 2 aromatic rings. The summed E-state index contributed by atoms with van der Waals surface area (Å²) in [5.41, 5.74) is -2.72. The van der Waals surface area contributed by atoms with Gasteiger partial charge in [-0.25, -0.2) is 4.68 Å². The maximum absolute atomic E-state index is 12.7. The number of benzene rings is 1. The summed E-state index contributed by atoms with van der Waals surface area (Å²) in [5.74, 6) is 0. The van der Waals surface area contributed by atoms with E-state index in [0.717, 1.165) is 11.6 Å². The topological polar surface area (TPSA) is 17.8 Å². The SMILES string of the molecule is Cc1c(C(F)(F)F)cnn1-c1c(Cl)cc(C(F)(F)F)cc1Cl. The maximum Gasteiger partial charge on any atom is 0.419 e. The van der Waals surface area contributed by atoms with E-state index in [0.29, 0.717) is 18.3 Å². The van der Waals surface area contributed by atoms with Crippen LogP contribution in [0, 0.1) is 6.92 Å². The van der Waals surface area contributed by atoms with Crippen molar-refractivity contribution in [1.82, 2.24) is 9.78 Å². The molecule has 0 N–H and O–H groups in total. The smallest absolute Gasteiger partial charge is 0.234 e. The van der Waals surface area contributed by atoms with Crippen LogP contribution < -0.4 is 0 Å². The molecule has 0 aliphatic rings. The van der Waals surface area contributed by atoms with Gasteiger partial charge in [-0.1, -0.05) is 23.2 Å². The molecular formula is C12H6Cl2F6N2. The summed E-state index contributed by atoms with van der Waals surface area (Å²) >= 11 is 11.5. The normalized spacial score (nSPS) is 12.8. The molecule has 0 bridgehead atoms. The number of nitrogens with zero attached hydrogens (tertiary/aromatic N) is 2. The Hall–Kier alpha value is -1.41. The van der Waals surface area contributed by atoms with Crippen LogP contribution >= 0.6 is 23.2 Å². The Balaban J connectivity index is 2.63. The van der Waals surface area contributed by atoms with Gasteiger partial charge in [-0.3, -0.25) is 0 Å². The standard InChI is InChI=1S/C12H6Cl2F6N2/c1-5-7(12(18,19)20)4-21-22(5)10-8(13)2-6(3-9(10)14)11(15,16)17/h2-4H,1H3. The fraction of sp³-hybridized carbons (Fsp3) is 0.250. The van der Waals surface area contributed by atoms with Gasteiger partial charge in [0, 0.05) is 0 Å². The van der Waals surface area contributed by atoms with Crippen molar-refractivity contribution in [1.29, 1.82) is 0 Å². The summed E-state index contributed by atoms with van der Waals surface area (Å²) in [6.45, 7) is 1.11. The molecule has 0 atom stereocenters. The molecule has 1 aromatic carbocycles. The first kappa shape index (κ1) is 17.0. The van der Waals surface area contributed by atoms with E-state index in [2.05, 4.69) is 5.10 Å². The van der Waals surface area contributed by atoms with E-state index in [-0.39, 0.29) is 11.4 Å². The summed E-state index contributed by atoms with van der Waals surface area (Å²) in [6.07, 6.45) is -8.77. The van der Waals surface area contributed by atoms with Gasteiger partial charge >= 0.3 is 12.4 Å². The monoisotopic (exact) mass is 362 g/mol. The van der Waals surface area contributed by atoms with Gasteiger partial charge in [0.2, 0.25) is 0 Å². The lowest BCUT2D eigenvalue weighted by molar-refractivity contribution is -0.138. The molecule has 1 aromatic heterocycles. The lowest BCUT2D eigenvalue weighted by Gasteiger charge is -2.14. The van der Waals surface area contributed by atoms with Gasteiger partial charge in [-0.2, -0.15) is 31.4 Å². The van der Waals surface area contributed by atoms with E-state index in [1.165, 1.54) is 0 Å². The number of aromatic nitrogens is 2. The van der Waals surface area contributed by atoms with E-state index >= 15 is 0 Å². The van der Waals surface area contributed by atoms with Crippen LogP contribution in [0.15, 0.2) is 18.3 Å². The number of hydrogen-bond donors (Lipinski definition) is 0. The van der Waals surface area contributed by atoms with Gasteiger partial charge in [-0.05, 0) is 19.1 Å². The number of alkyl halides is 6. The lowest BCUT2D eigenvalue weighted by Crippen LogP contribution is -2.09. The molecule has 0 unspecified atom stereocenters.